The van der Waals surface area contributed by atoms with Crippen LogP contribution in [0.2, 0.25) is 0 Å². The number of rotatable bonds is 6. The van der Waals surface area contributed by atoms with E-state index in [-0.39, 0.29) is 12.2 Å². The van der Waals surface area contributed by atoms with Crippen LogP contribution in [-0.4, -0.2) is 21.3 Å². The van der Waals surface area contributed by atoms with E-state index in [9.17, 15) is 10.1 Å². The summed E-state index contributed by atoms with van der Waals surface area (Å²) in [5.74, 6) is 0.570. The van der Waals surface area contributed by atoms with Crippen molar-refractivity contribution in [2.45, 2.75) is 13.1 Å². The van der Waals surface area contributed by atoms with Crippen LogP contribution in [-0.2, 0) is 13.1 Å². The summed E-state index contributed by atoms with van der Waals surface area (Å²) in [6.45, 7) is 1.22. The van der Waals surface area contributed by atoms with Crippen LogP contribution in [0, 0.1) is 10.1 Å². The molecule has 1 heterocycles. The third-order valence-corrected chi connectivity index (χ3v) is 2.61. The Labute approximate surface area is 109 Å². The molecule has 7 nitrogen and oxygen atoms in total. The highest BCUT2D eigenvalue weighted by Crippen LogP contribution is 2.23. The summed E-state index contributed by atoms with van der Waals surface area (Å²) in [5.41, 5.74) is 6.20. The summed E-state index contributed by atoms with van der Waals surface area (Å²) in [7, 11) is 0. The number of hydrogen-bond acceptors (Lipinski definition) is 5. The number of nitro benzene ring substituents is 1. The normalized spacial score (nSPS) is 10.4. The molecule has 0 spiro atoms. The van der Waals surface area contributed by atoms with E-state index in [1.807, 2.05) is 12.3 Å². The minimum Gasteiger partial charge on any atom is -0.491 e. The maximum atomic E-state index is 10.7. The fourth-order valence-electron chi connectivity index (χ4n) is 1.66. The average molecular weight is 262 g/mol. The molecule has 19 heavy (non-hydrogen) atoms. The van der Waals surface area contributed by atoms with Crippen molar-refractivity contribution in [1.82, 2.24) is 9.78 Å². The Morgan fingerprint density at radius 1 is 1.47 bits per heavy atom. The summed E-state index contributed by atoms with van der Waals surface area (Å²) < 4.78 is 7.32. The van der Waals surface area contributed by atoms with Gasteiger partial charge in [-0.1, -0.05) is 0 Å². The van der Waals surface area contributed by atoms with Crippen LogP contribution in [0.15, 0.2) is 36.7 Å². The summed E-state index contributed by atoms with van der Waals surface area (Å²) in [4.78, 5) is 10.2. The second-order valence-electron chi connectivity index (χ2n) is 3.87. The molecular weight excluding hydrogens is 248 g/mol. The lowest BCUT2D eigenvalue weighted by Crippen LogP contribution is -2.10. The zero-order chi connectivity index (χ0) is 13.7. The van der Waals surface area contributed by atoms with Gasteiger partial charge in [0, 0.05) is 36.6 Å². The second kappa shape index (κ2) is 5.96. The average Bonchev–Trinajstić information content (AvgIpc) is 2.92. The molecule has 0 fully saturated rings. The number of nitro groups is 1. The van der Waals surface area contributed by atoms with Gasteiger partial charge in [-0.3, -0.25) is 14.8 Å². The van der Waals surface area contributed by atoms with Gasteiger partial charge in [-0.05, 0) is 12.1 Å². The predicted molar refractivity (Wildman–Crippen MR) is 68.7 cm³/mol. The number of non-ortho nitro benzene ring substituents is 1. The Balaban J connectivity index is 2.01. The maximum Gasteiger partial charge on any atom is 0.270 e. The van der Waals surface area contributed by atoms with Gasteiger partial charge in [-0.2, -0.15) is 5.10 Å². The molecular formula is C12H14N4O3. The van der Waals surface area contributed by atoms with Crippen LogP contribution in [0.1, 0.15) is 5.56 Å². The second-order valence-corrected chi connectivity index (χ2v) is 3.87. The molecule has 7 heteroatoms. The quantitative estimate of drug-likeness (QED) is 0.625. The van der Waals surface area contributed by atoms with E-state index >= 15 is 0 Å². The lowest BCUT2D eigenvalue weighted by Gasteiger charge is -2.10. The highest BCUT2D eigenvalue weighted by Gasteiger charge is 2.10. The number of nitrogens with two attached hydrogens (primary N) is 1. The molecule has 0 unspecified atom stereocenters. The fraction of sp³-hybridized carbons (Fsp3) is 0.250. The van der Waals surface area contributed by atoms with E-state index in [0.717, 1.165) is 0 Å². The summed E-state index contributed by atoms with van der Waals surface area (Å²) in [6.07, 6.45) is 3.53. The Hall–Kier alpha value is -2.41. The molecule has 1 aromatic heterocycles. The van der Waals surface area contributed by atoms with Gasteiger partial charge in [0.2, 0.25) is 0 Å². The first-order valence-electron chi connectivity index (χ1n) is 5.78. The summed E-state index contributed by atoms with van der Waals surface area (Å²) >= 11 is 0. The minimum absolute atomic E-state index is 0.0138. The van der Waals surface area contributed by atoms with Crippen LogP contribution in [0.3, 0.4) is 0 Å². The molecule has 0 aliphatic carbocycles. The Bertz CT molecular complexity index is 554. The smallest absolute Gasteiger partial charge is 0.270 e. The monoisotopic (exact) mass is 262 g/mol. The molecule has 0 bridgehead atoms. The van der Waals surface area contributed by atoms with Crippen LogP contribution < -0.4 is 10.5 Å². The van der Waals surface area contributed by atoms with Gasteiger partial charge in [-0.25, -0.2) is 0 Å². The highest BCUT2D eigenvalue weighted by atomic mass is 16.6. The van der Waals surface area contributed by atoms with Crippen molar-refractivity contribution in [3.63, 3.8) is 0 Å². The molecule has 0 saturated heterocycles. The van der Waals surface area contributed by atoms with E-state index < -0.39 is 4.92 Å². The van der Waals surface area contributed by atoms with Crippen molar-refractivity contribution in [2.24, 2.45) is 5.73 Å². The van der Waals surface area contributed by atoms with Gasteiger partial charge in [0.1, 0.15) is 12.4 Å². The SMILES string of the molecule is NCc1cc([N+](=O)[O-])ccc1OCCn1cccn1. The number of hydrogen-bond donors (Lipinski definition) is 1. The fourth-order valence-corrected chi connectivity index (χ4v) is 1.66. The van der Waals surface area contributed by atoms with Crippen LogP contribution in [0.5, 0.6) is 5.75 Å². The Morgan fingerprint density at radius 2 is 2.32 bits per heavy atom. The largest absolute Gasteiger partial charge is 0.491 e. The first-order valence-corrected chi connectivity index (χ1v) is 5.78. The van der Waals surface area contributed by atoms with E-state index in [1.54, 1.807) is 16.9 Å². The zero-order valence-electron chi connectivity index (χ0n) is 10.2. The topological polar surface area (TPSA) is 96.2 Å². The van der Waals surface area contributed by atoms with Gasteiger partial charge in [0.25, 0.3) is 5.69 Å². The standard InChI is InChI=1S/C12H14N4O3/c13-9-10-8-11(16(17)18)2-3-12(10)19-7-6-15-5-1-4-14-15/h1-5,8H,6-7,9,13H2. The molecule has 0 radical (unpaired) electrons. The molecule has 0 aliphatic heterocycles. The van der Waals surface area contributed by atoms with Gasteiger partial charge >= 0.3 is 0 Å². The van der Waals surface area contributed by atoms with Crippen molar-refractivity contribution in [1.29, 1.82) is 0 Å². The number of ether oxygens (including phenoxy) is 1. The molecule has 0 saturated carbocycles. The highest BCUT2D eigenvalue weighted by molar-refractivity contribution is 5.43. The number of nitrogens with zero attached hydrogens (tertiary/aromatic N) is 3. The molecule has 0 atom stereocenters. The first-order chi connectivity index (χ1) is 9.20. The summed E-state index contributed by atoms with van der Waals surface area (Å²) in [6, 6.07) is 6.24. The third-order valence-electron chi connectivity index (χ3n) is 2.61. The van der Waals surface area contributed by atoms with Gasteiger partial charge < -0.3 is 10.5 Å². The van der Waals surface area contributed by atoms with Crippen molar-refractivity contribution >= 4 is 5.69 Å². The first kappa shape index (κ1) is 13.0. The third kappa shape index (κ3) is 3.29. The van der Waals surface area contributed by atoms with Crippen molar-refractivity contribution in [3.8, 4) is 5.75 Å². The molecule has 1 aromatic carbocycles. The minimum atomic E-state index is -0.452. The van der Waals surface area contributed by atoms with Crippen LogP contribution in [0.4, 0.5) is 5.69 Å². The van der Waals surface area contributed by atoms with Crippen LogP contribution >= 0.6 is 0 Å². The van der Waals surface area contributed by atoms with Crippen LogP contribution in [0.25, 0.3) is 0 Å². The van der Waals surface area contributed by atoms with Crippen molar-refractivity contribution in [2.75, 3.05) is 6.61 Å². The number of aromatic nitrogens is 2. The van der Waals surface area contributed by atoms with Gasteiger partial charge in [-0.15, -0.1) is 0 Å². The summed E-state index contributed by atoms with van der Waals surface area (Å²) in [5, 5.41) is 14.7. The molecule has 0 amide bonds. The Morgan fingerprint density at radius 3 is 2.95 bits per heavy atom. The molecule has 2 N–H and O–H groups in total. The van der Waals surface area contributed by atoms with E-state index in [0.29, 0.717) is 24.5 Å². The van der Waals surface area contributed by atoms with Gasteiger partial charge in [0.15, 0.2) is 0 Å². The van der Waals surface area contributed by atoms with E-state index in [1.165, 1.54) is 12.1 Å². The molecule has 2 aromatic rings. The predicted octanol–water partition coefficient (Wildman–Crippen LogP) is 1.33. The van der Waals surface area contributed by atoms with E-state index in [4.69, 9.17) is 10.5 Å². The lowest BCUT2D eigenvalue weighted by molar-refractivity contribution is -0.384. The zero-order valence-corrected chi connectivity index (χ0v) is 10.2. The maximum absolute atomic E-state index is 10.7. The molecule has 0 aliphatic rings. The van der Waals surface area contributed by atoms with Crippen molar-refractivity contribution in [3.05, 3.63) is 52.3 Å². The van der Waals surface area contributed by atoms with Crippen molar-refractivity contribution < 1.29 is 9.66 Å². The number of benzene rings is 1. The van der Waals surface area contributed by atoms with E-state index in [2.05, 4.69) is 5.10 Å². The Kier molecular flexibility index (Phi) is 4.09. The van der Waals surface area contributed by atoms with Gasteiger partial charge in [0.05, 0.1) is 11.5 Å². The lowest BCUT2D eigenvalue weighted by atomic mass is 10.2. The molecule has 2 rings (SSSR count). The molecule has 100 valence electrons.